The first-order valence-corrected chi connectivity index (χ1v) is 10.9. The van der Waals surface area contributed by atoms with Crippen molar-refractivity contribution in [1.82, 2.24) is 14.7 Å². The molecule has 4 rings (SSSR count). The number of pyridine rings is 1. The number of carbonyl (C=O) groups excluding carboxylic acids is 1. The van der Waals surface area contributed by atoms with Crippen LogP contribution in [-0.4, -0.2) is 32.9 Å². The monoisotopic (exact) mass is 457 g/mol. The molecule has 7 nitrogen and oxygen atoms in total. The van der Waals surface area contributed by atoms with Crippen molar-refractivity contribution in [2.75, 3.05) is 6.54 Å². The fourth-order valence-electron chi connectivity index (χ4n) is 4.30. The van der Waals surface area contributed by atoms with Gasteiger partial charge in [-0.3, -0.25) is 14.0 Å². The minimum atomic E-state index is -0.755. The van der Waals surface area contributed by atoms with Crippen molar-refractivity contribution < 1.29 is 28.2 Å². The third-order valence-electron chi connectivity index (χ3n) is 6.18. The molecule has 2 aromatic heterocycles. The summed E-state index contributed by atoms with van der Waals surface area (Å²) in [5, 5.41) is 12.1. The smallest absolute Gasteiger partial charge is 0.306 e. The van der Waals surface area contributed by atoms with Crippen molar-refractivity contribution >= 4 is 17.5 Å². The summed E-state index contributed by atoms with van der Waals surface area (Å²) in [6, 6.07) is 6.92. The van der Waals surface area contributed by atoms with Gasteiger partial charge in [0, 0.05) is 12.7 Å². The van der Waals surface area contributed by atoms with Gasteiger partial charge in [0.15, 0.2) is 11.4 Å². The second kappa shape index (κ2) is 9.56. The van der Waals surface area contributed by atoms with E-state index in [9.17, 15) is 18.4 Å². The summed E-state index contributed by atoms with van der Waals surface area (Å²) in [4.78, 5) is 28.5. The van der Waals surface area contributed by atoms with E-state index in [1.54, 1.807) is 29.7 Å². The minimum absolute atomic E-state index is 0.182. The number of aryl methyl sites for hydroxylation is 1. The van der Waals surface area contributed by atoms with Crippen LogP contribution in [0.15, 0.2) is 36.5 Å². The van der Waals surface area contributed by atoms with Crippen LogP contribution in [0.1, 0.15) is 47.4 Å². The lowest BCUT2D eigenvalue weighted by atomic mass is 9.82. The van der Waals surface area contributed by atoms with Crippen LogP contribution < -0.4 is 10.1 Å². The summed E-state index contributed by atoms with van der Waals surface area (Å²) < 4.78 is 35.1. The molecule has 2 N–H and O–H groups in total. The first kappa shape index (κ1) is 22.7. The van der Waals surface area contributed by atoms with Gasteiger partial charge >= 0.3 is 5.97 Å². The highest BCUT2D eigenvalue weighted by molar-refractivity contribution is 5.95. The van der Waals surface area contributed by atoms with Crippen LogP contribution in [0.3, 0.4) is 0 Å². The first-order chi connectivity index (χ1) is 15.8. The molecule has 0 saturated heterocycles. The summed E-state index contributed by atoms with van der Waals surface area (Å²) in [7, 11) is 0. The highest BCUT2D eigenvalue weighted by atomic mass is 19.1. The molecule has 9 heteroatoms. The Hall–Kier alpha value is -3.49. The SMILES string of the molecule is Cc1nc2c(OCc3c(F)cccc3F)cccn2c1C(=O)NC[C@H]1CC[C@H](C(=O)O)CC1. The number of aromatic nitrogens is 2. The van der Waals surface area contributed by atoms with Crippen LogP contribution >= 0.6 is 0 Å². The van der Waals surface area contributed by atoms with Crippen molar-refractivity contribution in [3.63, 3.8) is 0 Å². The highest BCUT2D eigenvalue weighted by Gasteiger charge is 2.27. The van der Waals surface area contributed by atoms with E-state index in [0.29, 0.717) is 42.2 Å². The van der Waals surface area contributed by atoms with Crippen LogP contribution in [0.5, 0.6) is 5.75 Å². The Morgan fingerprint density at radius 2 is 1.85 bits per heavy atom. The molecule has 1 aliphatic rings. The van der Waals surface area contributed by atoms with E-state index in [1.807, 2.05) is 0 Å². The topological polar surface area (TPSA) is 92.9 Å². The van der Waals surface area contributed by atoms with E-state index in [1.165, 1.54) is 18.2 Å². The van der Waals surface area contributed by atoms with E-state index in [0.717, 1.165) is 12.8 Å². The van der Waals surface area contributed by atoms with Crippen LogP contribution in [0.2, 0.25) is 0 Å². The van der Waals surface area contributed by atoms with E-state index in [2.05, 4.69) is 10.3 Å². The fraction of sp³-hybridized carbons (Fsp3) is 0.375. The van der Waals surface area contributed by atoms with E-state index in [-0.39, 0.29) is 29.9 Å². The molecule has 0 bridgehead atoms. The van der Waals surface area contributed by atoms with Crippen molar-refractivity contribution in [2.45, 2.75) is 39.2 Å². The molecule has 1 fully saturated rings. The Kier molecular flexibility index (Phi) is 6.57. The van der Waals surface area contributed by atoms with Gasteiger partial charge in [0.05, 0.1) is 17.2 Å². The van der Waals surface area contributed by atoms with Gasteiger partial charge in [-0.2, -0.15) is 0 Å². The van der Waals surface area contributed by atoms with Gasteiger partial charge in [-0.1, -0.05) is 6.07 Å². The second-order valence-electron chi connectivity index (χ2n) is 8.37. The van der Waals surface area contributed by atoms with Crippen LogP contribution in [0, 0.1) is 30.4 Å². The molecule has 1 amide bonds. The van der Waals surface area contributed by atoms with Gasteiger partial charge < -0.3 is 15.2 Å². The van der Waals surface area contributed by atoms with E-state index >= 15 is 0 Å². The molecule has 33 heavy (non-hydrogen) atoms. The Morgan fingerprint density at radius 1 is 1.15 bits per heavy atom. The number of imidazole rings is 1. The van der Waals surface area contributed by atoms with Crippen molar-refractivity contribution in [3.05, 3.63) is 65.1 Å². The van der Waals surface area contributed by atoms with Crippen molar-refractivity contribution in [3.8, 4) is 5.75 Å². The lowest BCUT2D eigenvalue weighted by Crippen LogP contribution is -2.33. The van der Waals surface area contributed by atoms with Crippen LogP contribution in [0.25, 0.3) is 5.65 Å². The molecule has 0 spiro atoms. The quantitative estimate of drug-likeness (QED) is 0.557. The number of ether oxygens (including phenoxy) is 1. The summed E-state index contributed by atoms with van der Waals surface area (Å²) in [5.41, 5.74) is 1.04. The van der Waals surface area contributed by atoms with Gasteiger partial charge in [0.1, 0.15) is 23.9 Å². The number of carboxylic acids is 1. The Balaban J connectivity index is 1.46. The first-order valence-electron chi connectivity index (χ1n) is 10.9. The van der Waals surface area contributed by atoms with Gasteiger partial charge in [-0.05, 0) is 62.8 Å². The molecule has 3 aromatic rings. The molecule has 1 aliphatic carbocycles. The van der Waals surface area contributed by atoms with Crippen molar-refractivity contribution in [1.29, 1.82) is 0 Å². The number of benzene rings is 1. The number of amides is 1. The number of nitrogens with one attached hydrogen (secondary N) is 1. The number of hydrogen-bond acceptors (Lipinski definition) is 4. The number of hydrogen-bond donors (Lipinski definition) is 2. The third kappa shape index (κ3) is 4.81. The molecule has 0 aliphatic heterocycles. The predicted molar refractivity (Wildman–Crippen MR) is 116 cm³/mol. The van der Waals surface area contributed by atoms with Gasteiger partial charge in [0.25, 0.3) is 5.91 Å². The summed E-state index contributed by atoms with van der Waals surface area (Å²) in [6.07, 6.45) is 4.43. The highest BCUT2D eigenvalue weighted by Crippen LogP contribution is 2.29. The molecule has 0 unspecified atom stereocenters. The lowest BCUT2D eigenvalue weighted by molar-refractivity contribution is -0.143. The zero-order valence-corrected chi connectivity index (χ0v) is 18.2. The molecule has 1 saturated carbocycles. The summed E-state index contributed by atoms with van der Waals surface area (Å²) >= 11 is 0. The van der Waals surface area contributed by atoms with E-state index < -0.39 is 17.6 Å². The Bertz CT molecular complexity index is 1170. The largest absolute Gasteiger partial charge is 0.485 e. The maximum Gasteiger partial charge on any atom is 0.306 e. The maximum absolute atomic E-state index is 13.9. The van der Waals surface area contributed by atoms with Crippen LogP contribution in [0.4, 0.5) is 8.78 Å². The maximum atomic E-state index is 13.9. The van der Waals surface area contributed by atoms with E-state index in [4.69, 9.17) is 9.84 Å². The number of halogens is 2. The molecular formula is C24H25F2N3O4. The van der Waals surface area contributed by atoms with Gasteiger partial charge in [-0.15, -0.1) is 0 Å². The number of fused-ring (bicyclic) bond motifs is 1. The fourth-order valence-corrected chi connectivity index (χ4v) is 4.30. The number of carboxylic acid groups (broad SMARTS) is 1. The molecule has 174 valence electrons. The molecular weight excluding hydrogens is 432 g/mol. The second-order valence-corrected chi connectivity index (χ2v) is 8.37. The van der Waals surface area contributed by atoms with Gasteiger partial charge in [0.2, 0.25) is 0 Å². The molecule has 0 radical (unpaired) electrons. The Morgan fingerprint density at radius 3 is 2.52 bits per heavy atom. The number of carbonyl (C=O) groups is 2. The zero-order chi connectivity index (χ0) is 23.5. The average molecular weight is 457 g/mol. The normalized spacial score (nSPS) is 18.3. The average Bonchev–Trinajstić information content (AvgIpc) is 3.14. The van der Waals surface area contributed by atoms with Gasteiger partial charge in [-0.25, -0.2) is 13.8 Å². The number of aliphatic carboxylic acids is 1. The zero-order valence-electron chi connectivity index (χ0n) is 18.2. The standard InChI is InChI=1S/C24H25F2N3O4/c1-14-21(23(30)27-12-15-7-9-16(10-8-15)24(31)32)29-11-3-6-20(22(29)28-14)33-13-17-18(25)4-2-5-19(17)26/h2-6,11,15-16H,7-10,12-13H2,1H3,(H,27,30)(H,31,32)/t15-,16-. The molecule has 2 heterocycles. The summed E-state index contributed by atoms with van der Waals surface area (Å²) in [5.74, 6) is -2.20. The predicted octanol–water partition coefficient (Wildman–Crippen LogP) is 4.12. The number of nitrogens with zero attached hydrogens (tertiary/aromatic N) is 2. The lowest BCUT2D eigenvalue weighted by Gasteiger charge is -2.26. The summed E-state index contributed by atoms with van der Waals surface area (Å²) in [6.45, 7) is 1.85. The third-order valence-corrected chi connectivity index (χ3v) is 6.18. The Labute approximate surface area is 189 Å². The van der Waals surface area contributed by atoms with Crippen molar-refractivity contribution in [2.24, 2.45) is 11.8 Å². The number of rotatable bonds is 7. The molecule has 0 atom stereocenters. The molecule has 1 aromatic carbocycles. The van der Waals surface area contributed by atoms with Crippen LogP contribution in [-0.2, 0) is 11.4 Å². The minimum Gasteiger partial charge on any atom is -0.485 e.